The zero-order valence-electron chi connectivity index (χ0n) is 10.7. The zero-order valence-corrected chi connectivity index (χ0v) is 13.5. The van der Waals surface area contributed by atoms with Crippen LogP contribution in [0.25, 0.3) is 0 Å². The molecule has 0 radical (unpaired) electrons. The molecular formula is C11H25N2OP2S+. The minimum atomic E-state index is -1.09. The lowest BCUT2D eigenvalue weighted by Crippen LogP contribution is -2.27. The Bertz CT molecular complexity index is 232. The Kier molecular flexibility index (Phi) is 8.27. The van der Waals surface area contributed by atoms with Crippen molar-refractivity contribution >= 4 is 28.1 Å². The van der Waals surface area contributed by atoms with Gasteiger partial charge in [0.05, 0.1) is 0 Å². The summed E-state index contributed by atoms with van der Waals surface area (Å²) in [6.45, 7) is 4.60. The van der Waals surface area contributed by atoms with Crippen molar-refractivity contribution in [2.24, 2.45) is 11.4 Å². The Morgan fingerprint density at radius 1 is 1.41 bits per heavy atom. The van der Waals surface area contributed by atoms with E-state index >= 15 is 0 Å². The third-order valence-electron chi connectivity index (χ3n) is 3.61. The first-order valence-corrected chi connectivity index (χ1v) is 9.62. The maximum atomic E-state index is 5.55. The van der Waals surface area contributed by atoms with Crippen molar-refractivity contribution in [1.29, 1.82) is 0 Å². The number of nitrogens with zero attached hydrogens (tertiary/aromatic N) is 1. The summed E-state index contributed by atoms with van der Waals surface area (Å²) < 4.78 is 5.55. The van der Waals surface area contributed by atoms with Crippen LogP contribution in [0.2, 0.25) is 0 Å². The average Bonchev–Trinajstić information content (AvgIpc) is 2.32. The van der Waals surface area contributed by atoms with Crippen LogP contribution in [-0.2, 0) is 16.3 Å². The molecule has 1 saturated carbocycles. The van der Waals surface area contributed by atoms with Gasteiger partial charge in [0.1, 0.15) is 6.10 Å². The quantitative estimate of drug-likeness (QED) is 0.733. The summed E-state index contributed by atoms with van der Waals surface area (Å²) in [5.74, 6) is 0.870. The van der Waals surface area contributed by atoms with Crippen LogP contribution in [0.1, 0.15) is 39.0 Å². The van der Waals surface area contributed by atoms with Crippen LogP contribution < -0.4 is 5.50 Å². The van der Waals surface area contributed by atoms with Crippen LogP contribution in [0, 0.1) is 5.92 Å². The minimum absolute atomic E-state index is 0.337. The van der Waals surface area contributed by atoms with Gasteiger partial charge in [-0.15, -0.1) is 19.3 Å². The summed E-state index contributed by atoms with van der Waals surface area (Å²) in [5.41, 5.74) is 5.54. The van der Waals surface area contributed by atoms with Gasteiger partial charge in [-0.05, 0) is 51.1 Å². The van der Waals surface area contributed by atoms with Gasteiger partial charge in [0.25, 0.3) is 0 Å². The molecule has 2 atom stereocenters. The van der Waals surface area contributed by atoms with Gasteiger partial charge < -0.3 is 4.90 Å². The van der Waals surface area contributed by atoms with E-state index < -0.39 is 7.07 Å². The van der Waals surface area contributed by atoms with Crippen LogP contribution in [0.15, 0.2) is 0 Å². The SMILES string of the molecule is CCN(CP)CCC1CCC(O[P+](N)=S)CC1. The van der Waals surface area contributed by atoms with Crippen molar-refractivity contribution in [3.63, 3.8) is 0 Å². The van der Waals surface area contributed by atoms with Gasteiger partial charge in [-0.1, -0.05) is 6.92 Å². The fourth-order valence-corrected chi connectivity index (χ4v) is 3.73. The molecule has 0 heterocycles. The van der Waals surface area contributed by atoms with E-state index in [2.05, 4.69) is 21.1 Å². The second-order valence-electron chi connectivity index (χ2n) is 4.72. The lowest BCUT2D eigenvalue weighted by molar-refractivity contribution is 0.140. The number of nitrogens with two attached hydrogens (primary N) is 1. The van der Waals surface area contributed by atoms with E-state index in [0.717, 1.165) is 31.6 Å². The second-order valence-corrected chi connectivity index (χ2v) is 6.94. The largest absolute Gasteiger partial charge is 0.436 e. The molecule has 3 nitrogen and oxygen atoms in total. The molecule has 2 unspecified atom stereocenters. The van der Waals surface area contributed by atoms with Gasteiger partial charge in [-0.25, -0.2) is 0 Å². The van der Waals surface area contributed by atoms with Crippen molar-refractivity contribution in [2.75, 3.05) is 19.4 Å². The van der Waals surface area contributed by atoms with E-state index in [-0.39, 0.29) is 0 Å². The molecule has 17 heavy (non-hydrogen) atoms. The predicted octanol–water partition coefficient (Wildman–Crippen LogP) is 2.84. The van der Waals surface area contributed by atoms with E-state index in [4.69, 9.17) is 21.8 Å². The van der Waals surface area contributed by atoms with E-state index in [0.29, 0.717) is 6.10 Å². The fourth-order valence-electron chi connectivity index (χ4n) is 2.42. The second kappa shape index (κ2) is 8.85. The van der Waals surface area contributed by atoms with Gasteiger partial charge in [0.15, 0.2) is 0 Å². The molecule has 0 aromatic heterocycles. The van der Waals surface area contributed by atoms with Gasteiger partial charge in [-0.3, -0.25) is 0 Å². The molecule has 6 heteroatoms. The molecule has 0 aromatic rings. The van der Waals surface area contributed by atoms with Crippen molar-refractivity contribution in [3.05, 3.63) is 0 Å². The third kappa shape index (κ3) is 6.52. The van der Waals surface area contributed by atoms with Gasteiger partial charge in [-0.2, -0.15) is 0 Å². The molecule has 0 aromatic carbocycles. The number of rotatable bonds is 7. The van der Waals surface area contributed by atoms with E-state index in [1.165, 1.54) is 25.8 Å². The van der Waals surface area contributed by atoms with Gasteiger partial charge >= 0.3 is 7.07 Å². The molecule has 0 saturated heterocycles. The summed E-state index contributed by atoms with van der Waals surface area (Å²) >= 11 is 4.92. The summed E-state index contributed by atoms with van der Waals surface area (Å²) in [7, 11) is 1.72. The summed E-state index contributed by atoms with van der Waals surface area (Å²) in [6.07, 6.45) is 7.58. The maximum Gasteiger partial charge on any atom is 0.436 e. The van der Waals surface area contributed by atoms with Crippen LogP contribution in [0.3, 0.4) is 0 Å². The molecule has 2 N–H and O–H groups in total. The average molecular weight is 295 g/mol. The Labute approximate surface area is 114 Å². The van der Waals surface area contributed by atoms with Crippen LogP contribution >= 0.6 is 16.3 Å². The van der Waals surface area contributed by atoms with E-state index in [1.807, 2.05) is 0 Å². The molecule has 0 bridgehead atoms. The monoisotopic (exact) mass is 295 g/mol. The molecule has 1 aliphatic rings. The van der Waals surface area contributed by atoms with E-state index in [9.17, 15) is 0 Å². The Balaban J connectivity index is 2.16. The molecule has 1 rings (SSSR count). The molecular weight excluding hydrogens is 270 g/mol. The van der Waals surface area contributed by atoms with Crippen molar-refractivity contribution < 1.29 is 4.52 Å². The molecule has 1 aliphatic carbocycles. The summed E-state index contributed by atoms with van der Waals surface area (Å²) in [5, 5.41) is 0. The van der Waals surface area contributed by atoms with Crippen LogP contribution in [-0.4, -0.2) is 30.4 Å². The predicted molar refractivity (Wildman–Crippen MR) is 81.7 cm³/mol. The first kappa shape index (κ1) is 15.9. The van der Waals surface area contributed by atoms with Gasteiger partial charge in [0.2, 0.25) is 11.8 Å². The number of hydrogen-bond acceptors (Lipinski definition) is 3. The highest BCUT2D eigenvalue weighted by molar-refractivity contribution is 8.01. The fraction of sp³-hybridized carbons (Fsp3) is 1.00. The first-order chi connectivity index (χ1) is 8.15. The third-order valence-corrected chi connectivity index (χ3v) is 4.89. The first-order valence-electron chi connectivity index (χ1n) is 6.46. The lowest BCUT2D eigenvalue weighted by atomic mass is 9.85. The lowest BCUT2D eigenvalue weighted by Gasteiger charge is -2.27. The Hall–Kier alpha value is 0.830. The molecule has 1 fully saturated rings. The zero-order chi connectivity index (χ0) is 12.7. The Morgan fingerprint density at radius 2 is 2.06 bits per heavy atom. The maximum absolute atomic E-state index is 5.55. The normalized spacial score (nSPS) is 26.2. The summed E-state index contributed by atoms with van der Waals surface area (Å²) in [4.78, 5) is 2.47. The van der Waals surface area contributed by atoms with Crippen LogP contribution in [0.4, 0.5) is 0 Å². The highest BCUT2D eigenvalue weighted by Crippen LogP contribution is 2.32. The molecule has 0 aliphatic heterocycles. The van der Waals surface area contributed by atoms with Crippen molar-refractivity contribution in [1.82, 2.24) is 4.90 Å². The van der Waals surface area contributed by atoms with E-state index in [1.54, 1.807) is 0 Å². The highest BCUT2D eigenvalue weighted by atomic mass is 32.4. The highest BCUT2D eigenvalue weighted by Gasteiger charge is 2.25. The van der Waals surface area contributed by atoms with Gasteiger partial charge in [0, 0.05) is 6.29 Å². The number of hydrogen-bond donors (Lipinski definition) is 1. The Morgan fingerprint density at radius 3 is 2.53 bits per heavy atom. The standard InChI is InChI=1S/C11H25N2OP2S/c1-2-13(9-15)8-7-10-3-5-11(6-4-10)14-16(12)17/h10-11H,2-9,15H2,1H3,(H2,12,17)/q+1. The minimum Gasteiger partial charge on any atom is -0.300 e. The smallest absolute Gasteiger partial charge is 0.300 e. The van der Waals surface area contributed by atoms with Crippen molar-refractivity contribution in [2.45, 2.75) is 45.1 Å². The molecule has 0 spiro atoms. The topological polar surface area (TPSA) is 38.5 Å². The molecule has 0 amide bonds. The molecule has 100 valence electrons. The van der Waals surface area contributed by atoms with Crippen LogP contribution in [0.5, 0.6) is 0 Å². The summed E-state index contributed by atoms with van der Waals surface area (Å²) in [6, 6.07) is 0. The van der Waals surface area contributed by atoms with Crippen molar-refractivity contribution in [3.8, 4) is 0 Å².